The molecule has 1 aliphatic rings. The molecule has 2 aromatic heterocycles. The topological polar surface area (TPSA) is 207 Å². The van der Waals surface area contributed by atoms with Crippen LogP contribution >= 0.6 is 0 Å². The van der Waals surface area contributed by atoms with Gasteiger partial charge in [-0.2, -0.15) is 0 Å². The lowest BCUT2D eigenvalue weighted by Crippen LogP contribution is -2.58. The van der Waals surface area contributed by atoms with Crippen LogP contribution in [0.4, 0.5) is 0 Å². The molecule has 0 saturated carbocycles. The van der Waals surface area contributed by atoms with E-state index in [1.165, 1.54) is 23.4 Å². The summed E-state index contributed by atoms with van der Waals surface area (Å²) in [5, 5.41) is 25.9. The van der Waals surface area contributed by atoms with E-state index in [2.05, 4.69) is 25.6 Å². The van der Waals surface area contributed by atoms with E-state index in [4.69, 9.17) is 5.73 Å². The second kappa shape index (κ2) is 13.4. The van der Waals surface area contributed by atoms with Gasteiger partial charge in [0.25, 0.3) is 0 Å². The quantitative estimate of drug-likeness (QED) is 0.124. The summed E-state index contributed by atoms with van der Waals surface area (Å²) in [4.78, 5) is 64.1. The van der Waals surface area contributed by atoms with Crippen LogP contribution in [0.2, 0.25) is 0 Å². The Labute approximate surface area is 252 Å². The molecule has 4 atom stereocenters. The molecule has 3 heterocycles. The number of aromatic nitrogens is 3. The van der Waals surface area contributed by atoms with Crippen molar-refractivity contribution in [1.29, 1.82) is 0 Å². The van der Waals surface area contributed by atoms with Gasteiger partial charge in [-0.05, 0) is 42.2 Å². The number of hydrogen-bond acceptors (Lipinski definition) is 7. The second-order valence-corrected chi connectivity index (χ2v) is 11.0. The number of rotatable bonds is 12. The Hall–Kier alpha value is -5.17. The second-order valence-electron chi connectivity index (χ2n) is 11.0. The Bertz CT molecular complexity index is 1620. The Balaban J connectivity index is 1.41. The van der Waals surface area contributed by atoms with Gasteiger partial charge < -0.3 is 41.4 Å². The van der Waals surface area contributed by atoms with Gasteiger partial charge in [-0.3, -0.25) is 14.4 Å². The van der Waals surface area contributed by atoms with E-state index in [9.17, 15) is 29.4 Å². The Morgan fingerprint density at radius 1 is 0.977 bits per heavy atom. The highest BCUT2D eigenvalue weighted by Crippen LogP contribution is 2.23. The molecule has 1 aliphatic heterocycles. The lowest BCUT2D eigenvalue weighted by atomic mass is 10.0. The molecule has 5 rings (SSSR count). The summed E-state index contributed by atoms with van der Waals surface area (Å²) < 4.78 is 0. The van der Waals surface area contributed by atoms with E-state index in [1.807, 2.05) is 24.3 Å². The molecule has 1 saturated heterocycles. The van der Waals surface area contributed by atoms with Crippen molar-refractivity contribution in [2.24, 2.45) is 5.73 Å². The number of para-hydroxylation sites is 1. The molecule has 13 nitrogen and oxygen atoms in total. The Morgan fingerprint density at radius 3 is 2.45 bits per heavy atom. The molecule has 3 amide bonds. The number of amides is 3. The fourth-order valence-corrected chi connectivity index (χ4v) is 5.56. The standard InChI is InChI=1S/C31H35N7O6/c32-23(14-20-16-33-17-35-20)28(40)36-25(12-18-7-9-21(39)10-8-18)29(41)37-26(30(42)38-11-3-6-27(38)31(43)44)13-19-15-34-24-5-2-1-4-22(19)24/h1-2,4-5,7-10,15-17,23,25-27,34,39H,3,6,11-14,32H2,(H,33,35)(H,36,40)(H,37,41)(H,43,44). The average molecular weight is 602 g/mol. The minimum atomic E-state index is -1.13. The van der Waals surface area contributed by atoms with Crippen molar-refractivity contribution in [1.82, 2.24) is 30.5 Å². The zero-order valence-electron chi connectivity index (χ0n) is 23.9. The molecular formula is C31H35N7O6. The molecule has 4 aromatic rings. The maximum Gasteiger partial charge on any atom is 0.326 e. The van der Waals surface area contributed by atoms with Gasteiger partial charge in [0.05, 0.1) is 12.4 Å². The smallest absolute Gasteiger partial charge is 0.326 e. The van der Waals surface area contributed by atoms with Crippen LogP contribution in [0, 0.1) is 0 Å². The first kappa shape index (κ1) is 30.3. The number of carbonyl (C=O) groups is 4. The number of hydrogen-bond donors (Lipinski definition) is 7. The van der Waals surface area contributed by atoms with Crippen molar-refractivity contribution < 1.29 is 29.4 Å². The van der Waals surface area contributed by atoms with Crippen LogP contribution in [-0.2, 0) is 38.4 Å². The summed E-state index contributed by atoms with van der Waals surface area (Å²) in [7, 11) is 0. The molecule has 13 heteroatoms. The van der Waals surface area contributed by atoms with E-state index in [0.29, 0.717) is 24.1 Å². The summed E-state index contributed by atoms with van der Waals surface area (Å²) >= 11 is 0. The first-order valence-electron chi connectivity index (χ1n) is 14.4. The molecule has 0 radical (unpaired) electrons. The number of aliphatic carboxylic acids is 1. The van der Waals surface area contributed by atoms with Crippen LogP contribution in [0.3, 0.4) is 0 Å². The van der Waals surface area contributed by atoms with Gasteiger partial charge in [0.2, 0.25) is 17.7 Å². The number of nitrogens with two attached hydrogens (primary N) is 1. The number of H-pyrrole nitrogens is 2. The predicted octanol–water partition coefficient (Wildman–Crippen LogP) is 0.997. The SMILES string of the molecule is NC(Cc1cnc[nH]1)C(=O)NC(Cc1ccc(O)cc1)C(=O)NC(Cc1c[nH]c2ccccc12)C(=O)N1CCCC1C(=O)O. The molecule has 0 bridgehead atoms. The van der Waals surface area contributed by atoms with Crippen molar-refractivity contribution in [2.75, 3.05) is 6.54 Å². The summed E-state index contributed by atoms with van der Waals surface area (Å²) in [6.07, 6.45) is 5.94. The van der Waals surface area contributed by atoms with Crippen LogP contribution in [0.1, 0.15) is 29.7 Å². The number of phenols is 1. The largest absolute Gasteiger partial charge is 0.508 e. The summed E-state index contributed by atoms with van der Waals surface area (Å²) in [6.45, 7) is 0.256. The number of carboxylic acid groups (broad SMARTS) is 1. The fourth-order valence-electron chi connectivity index (χ4n) is 5.56. The predicted molar refractivity (Wildman–Crippen MR) is 160 cm³/mol. The van der Waals surface area contributed by atoms with E-state index in [-0.39, 0.29) is 31.6 Å². The number of carbonyl (C=O) groups excluding carboxylic acids is 3. The molecule has 230 valence electrons. The number of fused-ring (bicyclic) bond motifs is 1. The number of aromatic hydroxyl groups is 1. The zero-order valence-corrected chi connectivity index (χ0v) is 23.9. The van der Waals surface area contributed by atoms with Crippen molar-refractivity contribution in [2.45, 2.75) is 56.3 Å². The number of nitrogens with zero attached hydrogens (tertiary/aromatic N) is 2. The van der Waals surface area contributed by atoms with Crippen molar-refractivity contribution in [3.8, 4) is 5.75 Å². The van der Waals surface area contributed by atoms with Gasteiger partial charge in [0, 0.05) is 54.8 Å². The molecular weight excluding hydrogens is 566 g/mol. The monoisotopic (exact) mass is 601 g/mol. The van der Waals surface area contributed by atoms with Crippen LogP contribution in [0.15, 0.2) is 67.3 Å². The molecule has 0 spiro atoms. The minimum Gasteiger partial charge on any atom is -0.508 e. The lowest BCUT2D eigenvalue weighted by Gasteiger charge is -2.29. The minimum absolute atomic E-state index is 0.0448. The number of imidazole rings is 1. The van der Waals surface area contributed by atoms with Crippen LogP contribution < -0.4 is 16.4 Å². The van der Waals surface area contributed by atoms with Crippen molar-refractivity contribution in [3.05, 3.63) is 84.1 Å². The summed E-state index contributed by atoms with van der Waals surface area (Å²) in [5.41, 5.74) is 9.07. The van der Waals surface area contributed by atoms with Crippen LogP contribution in [0.5, 0.6) is 5.75 Å². The number of aromatic amines is 2. The molecule has 44 heavy (non-hydrogen) atoms. The number of phenolic OH excluding ortho intramolecular Hbond substituents is 1. The van der Waals surface area contributed by atoms with Gasteiger partial charge in [0.15, 0.2) is 0 Å². The third-order valence-electron chi connectivity index (χ3n) is 7.88. The maximum atomic E-state index is 13.9. The normalized spacial score (nSPS) is 16.8. The molecule has 8 N–H and O–H groups in total. The van der Waals surface area contributed by atoms with Gasteiger partial charge >= 0.3 is 5.97 Å². The number of likely N-dealkylation sites (tertiary alicyclic amines) is 1. The zero-order chi connectivity index (χ0) is 31.2. The third kappa shape index (κ3) is 7.06. The Morgan fingerprint density at radius 2 is 1.73 bits per heavy atom. The van der Waals surface area contributed by atoms with E-state index >= 15 is 0 Å². The number of benzene rings is 2. The van der Waals surface area contributed by atoms with E-state index < -0.39 is 47.9 Å². The highest BCUT2D eigenvalue weighted by atomic mass is 16.4. The van der Waals surface area contributed by atoms with E-state index in [0.717, 1.165) is 16.5 Å². The third-order valence-corrected chi connectivity index (χ3v) is 7.88. The molecule has 0 aliphatic carbocycles. The molecule has 2 aromatic carbocycles. The summed E-state index contributed by atoms with van der Waals surface area (Å²) in [6, 6.07) is 9.51. The van der Waals surface area contributed by atoms with Gasteiger partial charge in [0.1, 0.15) is 23.9 Å². The van der Waals surface area contributed by atoms with Crippen molar-refractivity contribution in [3.63, 3.8) is 0 Å². The number of nitrogens with one attached hydrogen (secondary N) is 4. The molecule has 4 unspecified atom stereocenters. The number of carboxylic acids is 1. The molecule has 1 fully saturated rings. The van der Waals surface area contributed by atoms with Crippen LogP contribution in [-0.4, -0.2) is 84.5 Å². The first-order valence-corrected chi connectivity index (χ1v) is 14.4. The van der Waals surface area contributed by atoms with Gasteiger partial charge in [-0.25, -0.2) is 9.78 Å². The van der Waals surface area contributed by atoms with Crippen LogP contribution in [0.25, 0.3) is 10.9 Å². The van der Waals surface area contributed by atoms with Gasteiger partial charge in [-0.15, -0.1) is 0 Å². The average Bonchev–Trinajstić information content (AvgIpc) is 3.79. The highest BCUT2D eigenvalue weighted by Gasteiger charge is 2.38. The van der Waals surface area contributed by atoms with E-state index in [1.54, 1.807) is 24.5 Å². The van der Waals surface area contributed by atoms with Gasteiger partial charge in [-0.1, -0.05) is 30.3 Å². The lowest BCUT2D eigenvalue weighted by molar-refractivity contribution is -0.149. The maximum absolute atomic E-state index is 13.9. The van der Waals surface area contributed by atoms with Crippen molar-refractivity contribution >= 4 is 34.6 Å². The highest BCUT2D eigenvalue weighted by molar-refractivity contribution is 5.95. The first-order chi connectivity index (χ1) is 21.2. The fraction of sp³-hybridized carbons (Fsp3) is 0.323. The summed E-state index contributed by atoms with van der Waals surface area (Å²) in [5.74, 6) is -2.78. The Kier molecular flexibility index (Phi) is 9.24.